The zero-order valence-electron chi connectivity index (χ0n) is 20.8. The molecular formula is C26H38N4O3S. The van der Waals surface area contributed by atoms with Gasteiger partial charge in [0.1, 0.15) is 12.1 Å². The number of thioether (sulfide) groups is 1. The number of rotatable bonds is 2. The van der Waals surface area contributed by atoms with Gasteiger partial charge in [0.2, 0.25) is 5.91 Å². The molecule has 0 aromatic carbocycles. The summed E-state index contributed by atoms with van der Waals surface area (Å²) in [7, 11) is 0. The van der Waals surface area contributed by atoms with Gasteiger partial charge in [0, 0.05) is 10.4 Å². The predicted octanol–water partition coefficient (Wildman–Crippen LogP) is 4.87. The fourth-order valence-corrected chi connectivity index (χ4v) is 8.95. The number of nitrogens with zero attached hydrogens (tertiary/aromatic N) is 2. The van der Waals surface area contributed by atoms with E-state index in [1.165, 1.54) is 31.3 Å². The number of urea groups is 1. The van der Waals surface area contributed by atoms with E-state index in [0.717, 1.165) is 49.1 Å². The Bertz CT molecular complexity index is 965. The Morgan fingerprint density at radius 2 is 1.85 bits per heavy atom. The Morgan fingerprint density at radius 1 is 1.12 bits per heavy atom. The first-order valence-corrected chi connectivity index (χ1v) is 13.9. The molecule has 1 saturated heterocycles. The van der Waals surface area contributed by atoms with Crippen molar-refractivity contribution in [3.63, 3.8) is 0 Å². The summed E-state index contributed by atoms with van der Waals surface area (Å²) in [6.45, 7) is 6.16. The number of hydrogen-bond donors (Lipinski definition) is 2. The summed E-state index contributed by atoms with van der Waals surface area (Å²) in [4.78, 5) is 45.2. The van der Waals surface area contributed by atoms with Crippen LogP contribution in [0.2, 0.25) is 0 Å². The van der Waals surface area contributed by atoms with Crippen LogP contribution in [0.3, 0.4) is 0 Å². The van der Waals surface area contributed by atoms with Crippen molar-refractivity contribution < 1.29 is 14.4 Å². The van der Waals surface area contributed by atoms with Crippen molar-refractivity contribution in [3.05, 3.63) is 11.3 Å². The van der Waals surface area contributed by atoms with E-state index < -0.39 is 11.6 Å². The Hall–Kier alpha value is -1.83. The van der Waals surface area contributed by atoms with Crippen LogP contribution in [0.1, 0.15) is 97.8 Å². The molecule has 2 aliphatic heterocycles. The average molecular weight is 487 g/mol. The van der Waals surface area contributed by atoms with Crippen molar-refractivity contribution >= 4 is 34.8 Å². The van der Waals surface area contributed by atoms with Crippen molar-refractivity contribution in [1.29, 1.82) is 0 Å². The zero-order valence-corrected chi connectivity index (χ0v) is 21.6. The van der Waals surface area contributed by atoms with Crippen LogP contribution in [-0.4, -0.2) is 44.7 Å². The number of amides is 4. The lowest BCUT2D eigenvalue weighted by Gasteiger charge is -2.44. The van der Waals surface area contributed by atoms with Gasteiger partial charge < -0.3 is 10.6 Å². The molecule has 5 aliphatic rings. The highest BCUT2D eigenvalue weighted by Crippen LogP contribution is 2.52. The number of fused-ring (bicyclic) bond motifs is 1. The average Bonchev–Trinajstić information content (AvgIpc) is 2.96. The molecule has 7 nitrogen and oxygen atoms in total. The van der Waals surface area contributed by atoms with Gasteiger partial charge in [-0.2, -0.15) is 0 Å². The van der Waals surface area contributed by atoms with E-state index in [4.69, 9.17) is 4.99 Å². The Labute approximate surface area is 207 Å². The van der Waals surface area contributed by atoms with Crippen LogP contribution in [0.25, 0.3) is 0 Å². The fourth-order valence-electron chi connectivity index (χ4n) is 7.43. The highest BCUT2D eigenvalue weighted by molar-refractivity contribution is 8.15. The van der Waals surface area contributed by atoms with Gasteiger partial charge in [-0.3, -0.25) is 14.5 Å². The van der Waals surface area contributed by atoms with Crippen LogP contribution >= 0.6 is 11.8 Å². The lowest BCUT2D eigenvalue weighted by Crippen LogP contribution is -2.54. The van der Waals surface area contributed by atoms with E-state index >= 15 is 0 Å². The van der Waals surface area contributed by atoms with Crippen molar-refractivity contribution in [3.8, 4) is 0 Å². The van der Waals surface area contributed by atoms with Crippen LogP contribution in [0, 0.1) is 11.3 Å². The first-order chi connectivity index (χ1) is 16.1. The molecule has 2 spiro atoms. The maximum Gasteiger partial charge on any atom is 0.325 e. The minimum Gasteiger partial charge on any atom is -0.323 e. The molecule has 5 rings (SSSR count). The van der Waals surface area contributed by atoms with Gasteiger partial charge in [0.15, 0.2) is 5.17 Å². The molecule has 0 aromatic heterocycles. The van der Waals surface area contributed by atoms with Crippen LogP contribution in [0.4, 0.5) is 4.79 Å². The Morgan fingerprint density at radius 3 is 2.59 bits per heavy atom. The van der Waals surface area contributed by atoms with E-state index in [2.05, 4.69) is 31.4 Å². The fraction of sp³-hybridized carbons (Fsp3) is 0.769. The van der Waals surface area contributed by atoms with Gasteiger partial charge in [-0.15, -0.1) is 0 Å². The molecule has 4 amide bonds. The van der Waals surface area contributed by atoms with Crippen molar-refractivity contribution in [2.45, 2.75) is 108 Å². The molecule has 2 saturated carbocycles. The first kappa shape index (κ1) is 23.9. The van der Waals surface area contributed by atoms with Gasteiger partial charge >= 0.3 is 6.03 Å². The smallest absolute Gasteiger partial charge is 0.323 e. The largest absolute Gasteiger partial charge is 0.325 e. The van der Waals surface area contributed by atoms with Crippen molar-refractivity contribution in [2.75, 3.05) is 6.54 Å². The highest BCUT2D eigenvalue weighted by atomic mass is 32.2. The van der Waals surface area contributed by atoms with Crippen LogP contribution < -0.4 is 10.6 Å². The maximum absolute atomic E-state index is 13.4. The van der Waals surface area contributed by atoms with E-state index in [9.17, 15) is 14.4 Å². The first-order valence-electron chi connectivity index (χ1n) is 13.1. The number of aliphatic imine (C=N–C) groups is 1. The van der Waals surface area contributed by atoms with Crippen LogP contribution in [0.5, 0.6) is 0 Å². The SMILES string of the molecule is C[C@@H]1CC(C)(C)C[C@]2(C1)NC(=O)N(CC(=O)NC1=NC3=C(CCCC3)C3(CCCCC3)S1)C2=O. The van der Waals surface area contributed by atoms with E-state index in [1.54, 1.807) is 11.8 Å². The third kappa shape index (κ3) is 4.31. The molecule has 0 unspecified atom stereocenters. The summed E-state index contributed by atoms with van der Waals surface area (Å²) in [5, 5.41) is 6.58. The molecule has 186 valence electrons. The van der Waals surface area contributed by atoms with Crippen LogP contribution in [-0.2, 0) is 9.59 Å². The van der Waals surface area contributed by atoms with Crippen molar-refractivity contribution in [1.82, 2.24) is 15.5 Å². The summed E-state index contributed by atoms with van der Waals surface area (Å²) < 4.78 is 0.0626. The summed E-state index contributed by atoms with van der Waals surface area (Å²) in [5.41, 5.74) is 1.75. The molecule has 0 bridgehead atoms. The molecule has 2 atom stereocenters. The summed E-state index contributed by atoms with van der Waals surface area (Å²) in [6.07, 6.45) is 12.7. The van der Waals surface area contributed by atoms with E-state index in [1.807, 2.05) is 0 Å². The quantitative estimate of drug-likeness (QED) is 0.545. The van der Waals surface area contributed by atoms with Crippen LogP contribution in [0.15, 0.2) is 16.3 Å². The number of carbonyl (C=O) groups excluding carboxylic acids is 3. The van der Waals surface area contributed by atoms with Gasteiger partial charge in [-0.05, 0) is 74.7 Å². The molecule has 8 heteroatoms. The number of allylic oxidation sites excluding steroid dienone is 1. The monoisotopic (exact) mass is 486 g/mol. The van der Waals surface area contributed by atoms with E-state index in [-0.39, 0.29) is 28.5 Å². The lowest BCUT2D eigenvalue weighted by molar-refractivity contribution is -0.137. The number of nitrogens with one attached hydrogen (secondary N) is 2. The molecule has 2 N–H and O–H groups in total. The summed E-state index contributed by atoms with van der Waals surface area (Å²) in [5.74, 6) is -0.272. The maximum atomic E-state index is 13.4. The Kier molecular flexibility index (Phi) is 6.10. The van der Waals surface area contributed by atoms with Gasteiger partial charge in [0.05, 0.1) is 0 Å². The minimum atomic E-state index is -0.885. The number of carbonyl (C=O) groups is 3. The molecule has 2 heterocycles. The standard InChI is InChI=1S/C26H38N4O3S/c1-17-13-24(2,3)16-25(14-17)21(32)30(23(33)29-25)15-20(31)28-22-27-19-10-6-5-9-18(19)26(34-22)11-7-4-8-12-26/h17H,4-16H2,1-3H3,(H,29,33)(H,27,28,31)/t17-,25+/m1/s1. The van der Waals surface area contributed by atoms with Crippen molar-refractivity contribution in [2.24, 2.45) is 16.3 Å². The second-order valence-corrected chi connectivity index (χ2v) is 13.4. The second-order valence-electron chi connectivity index (χ2n) is 12.0. The third-order valence-corrected chi connectivity index (χ3v) is 9.78. The molecule has 34 heavy (non-hydrogen) atoms. The molecule has 3 fully saturated rings. The highest BCUT2D eigenvalue weighted by Gasteiger charge is 2.56. The normalized spacial score (nSPS) is 32.5. The molecule has 3 aliphatic carbocycles. The zero-order chi connectivity index (χ0) is 24.1. The minimum absolute atomic E-state index is 0.0356. The predicted molar refractivity (Wildman–Crippen MR) is 134 cm³/mol. The topological polar surface area (TPSA) is 90.9 Å². The summed E-state index contributed by atoms with van der Waals surface area (Å²) in [6, 6.07) is -0.454. The molecule has 0 aromatic rings. The third-order valence-electron chi connectivity index (χ3n) is 8.35. The summed E-state index contributed by atoms with van der Waals surface area (Å²) >= 11 is 1.71. The number of hydrogen-bond acceptors (Lipinski definition) is 5. The van der Waals surface area contributed by atoms with Gasteiger partial charge in [-0.25, -0.2) is 9.79 Å². The number of amidine groups is 1. The van der Waals surface area contributed by atoms with Gasteiger partial charge in [0.25, 0.3) is 5.91 Å². The molecule has 0 radical (unpaired) electrons. The second kappa shape index (κ2) is 8.68. The number of imide groups is 1. The lowest BCUT2D eigenvalue weighted by atomic mass is 9.64. The van der Waals surface area contributed by atoms with E-state index in [0.29, 0.717) is 23.9 Å². The Balaban J connectivity index is 1.30. The van der Waals surface area contributed by atoms with Gasteiger partial charge in [-0.1, -0.05) is 51.8 Å². The molecular weight excluding hydrogens is 448 g/mol.